The first kappa shape index (κ1) is 21.2. The van der Waals surface area contributed by atoms with Crippen LogP contribution in [0.5, 0.6) is 0 Å². The van der Waals surface area contributed by atoms with Crippen LogP contribution in [0.15, 0.2) is 54.6 Å². The van der Waals surface area contributed by atoms with Crippen LogP contribution < -0.4 is 0 Å². The zero-order valence-electron chi connectivity index (χ0n) is 18.2. The fraction of sp³-hybridized carbons (Fsp3) is 0.400. The topological polar surface area (TPSA) is 60.9 Å². The van der Waals surface area contributed by atoms with Gasteiger partial charge >= 0.3 is 0 Å². The Morgan fingerprint density at radius 1 is 0.839 bits per heavy atom. The van der Waals surface area contributed by atoms with Gasteiger partial charge in [0, 0.05) is 32.7 Å². The van der Waals surface area contributed by atoms with Gasteiger partial charge in [-0.25, -0.2) is 0 Å². The molecule has 0 unspecified atom stereocenters. The Balaban J connectivity index is 1.46. The minimum Gasteiger partial charge on any atom is -0.338 e. The molecule has 31 heavy (non-hydrogen) atoms. The molecule has 6 nitrogen and oxygen atoms in total. The summed E-state index contributed by atoms with van der Waals surface area (Å²) in [7, 11) is 0. The lowest BCUT2D eigenvalue weighted by Crippen LogP contribution is -2.56. The van der Waals surface area contributed by atoms with Gasteiger partial charge in [0.1, 0.15) is 6.04 Å². The summed E-state index contributed by atoms with van der Waals surface area (Å²) in [5.41, 5.74) is 2.04. The van der Waals surface area contributed by atoms with Crippen LogP contribution in [0.1, 0.15) is 46.5 Å². The molecule has 0 aromatic heterocycles. The fourth-order valence-corrected chi connectivity index (χ4v) is 4.43. The molecule has 6 heteroatoms. The molecule has 0 aliphatic carbocycles. The van der Waals surface area contributed by atoms with Gasteiger partial charge in [0.05, 0.1) is 11.1 Å². The summed E-state index contributed by atoms with van der Waals surface area (Å²) in [6, 6.07) is 16.4. The van der Waals surface area contributed by atoms with Crippen LogP contribution in [-0.4, -0.2) is 64.6 Å². The molecule has 2 aliphatic heterocycles. The minimum absolute atomic E-state index is 0.123. The van der Waals surface area contributed by atoms with Crippen LogP contribution in [0.4, 0.5) is 0 Å². The molecule has 1 saturated heterocycles. The SMILES string of the molecule is CC(C)C[C@@H](C(=O)N1CCN(Cc2ccccc2)CC1)N1C(=O)c2ccccc2C1=O. The lowest BCUT2D eigenvalue weighted by molar-refractivity contribution is -0.137. The minimum atomic E-state index is -0.756. The lowest BCUT2D eigenvalue weighted by Gasteiger charge is -2.38. The molecule has 0 spiro atoms. The Hall–Kier alpha value is -2.99. The van der Waals surface area contributed by atoms with Gasteiger partial charge in [0.15, 0.2) is 0 Å². The largest absolute Gasteiger partial charge is 0.338 e. The molecule has 2 heterocycles. The molecule has 0 radical (unpaired) electrons. The Kier molecular flexibility index (Phi) is 6.18. The van der Waals surface area contributed by atoms with E-state index in [-0.39, 0.29) is 23.6 Å². The van der Waals surface area contributed by atoms with E-state index in [1.165, 1.54) is 10.5 Å². The van der Waals surface area contributed by atoms with Crippen LogP contribution >= 0.6 is 0 Å². The number of hydrogen-bond donors (Lipinski definition) is 0. The van der Waals surface area contributed by atoms with Crippen molar-refractivity contribution in [3.8, 4) is 0 Å². The molecule has 3 amide bonds. The number of imide groups is 1. The van der Waals surface area contributed by atoms with Crippen LogP contribution in [0.3, 0.4) is 0 Å². The van der Waals surface area contributed by atoms with E-state index in [2.05, 4.69) is 17.0 Å². The van der Waals surface area contributed by atoms with Gasteiger partial charge in [-0.3, -0.25) is 24.2 Å². The normalized spacial score (nSPS) is 17.9. The van der Waals surface area contributed by atoms with Crippen LogP contribution in [0, 0.1) is 5.92 Å². The van der Waals surface area contributed by atoms with E-state index in [4.69, 9.17) is 0 Å². The fourth-order valence-electron chi connectivity index (χ4n) is 4.43. The van der Waals surface area contributed by atoms with E-state index < -0.39 is 6.04 Å². The average molecular weight is 420 g/mol. The number of piperazine rings is 1. The standard InChI is InChI=1S/C25H29N3O3/c1-18(2)16-22(28-23(29)20-10-6-7-11-21(20)24(28)30)25(31)27-14-12-26(13-15-27)17-19-8-4-3-5-9-19/h3-11,18,22H,12-17H2,1-2H3/t22-/m0/s1. The number of benzene rings is 2. The predicted octanol–water partition coefficient (Wildman–Crippen LogP) is 3.04. The summed E-state index contributed by atoms with van der Waals surface area (Å²) in [5.74, 6) is -0.662. The second-order valence-electron chi connectivity index (χ2n) is 8.76. The van der Waals surface area contributed by atoms with Crippen molar-refractivity contribution < 1.29 is 14.4 Å². The summed E-state index contributed by atoms with van der Waals surface area (Å²) >= 11 is 0. The third-order valence-corrected chi connectivity index (χ3v) is 6.05. The van der Waals surface area contributed by atoms with Gasteiger partial charge in [-0.15, -0.1) is 0 Å². The molecule has 1 atom stereocenters. The number of nitrogens with zero attached hydrogens (tertiary/aromatic N) is 3. The maximum absolute atomic E-state index is 13.5. The van der Waals surface area contributed by atoms with Crippen LogP contribution in [0.2, 0.25) is 0 Å². The molecule has 2 aromatic rings. The summed E-state index contributed by atoms with van der Waals surface area (Å²) in [6.07, 6.45) is 0.467. The summed E-state index contributed by atoms with van der Waals surface area (Å²) in [4.78, 5) is 44.8. The van der Waals surface area contributed by atoms with Gasteiger partial charge in [-0.1, -0.05) is 56.3 Å². The smallest absolute Gasteiger partial charge is 0.262 e. The molecule has 0 saturated carbocycles. The van der Waals surface area contributed by atoms with Gasteiger partial charge in [0.2, 0.25) is 5.91 Å². The molecule has 0 bridgehead atoms. The zero-order valence-corrected chi connectivity index (χ0v) is 18.2. The van der Waals surface area contributed by atoms with E-state index in [9.17, 15) is 14.4 Å². The zero-order chi connectivity index (χ0) is 22.0. The molecule has 162 valence electrons. The van der Waals surface area contributed by atoms with Crippen molar-refractivity contribution >= 4 is 17.7 Å². The molecular formula is C25H29N3O3. The molecular weight excluding hydrogens is 390 g/mol. The van der Waals surface area contributed by atoms with Crippen molar-refractivity contribution in [1.29, 1.82) is 0 Å². The van der Waals surface area contributed by atoms with Crippen LogP contribution in [0.25, 0.3) is 0 Å². The van der Waals surface area contributed by atoms with E-state index in [1.807, 2.05) is 36.9 Å². The highest BCUT2D eigenvalue weighted by Crippen LogP contribution is 2.28. The molecule has 0 N–H and O–H groups in total. The first-order chi connectivity index (χ1) is 15.0. The second kappa shape index (κ2) is 9.02. The number of rotatable bonds is 6. The number of amides is 3. The number of carbonyl (C=O) groups excluding carboxylic acids is 3. The highest BCUT2D eigenvalue weighted by Gasteiger charge is 2.44. The highest BCUT2D eigenvalue weighted by atomic mass is 16.2. The van der Waals surface area contributed by atoms with E-state index in [0.29, 0.717) is 30.6 Å². The molecule has 2 aliphatic rings. The first-order valence-electron chi connectivity index (χ1n) is 11.0. The maximum atomic E-state index is 13.5. The Labute approximate surface area is 183 Å². The molecule has 2 aromatic carbocycles. The third-order valence-electron chi connectivity index (χ3n) is 6.05. The number of carbonyl (C=O) groups is 3. The van der Waals surface area contributed by atoms with E-state index >= 15 is 0 Å². The van der Waals surface area contributed by atoms with Gasteiger partial charge in [0.25, 0.3) is 11.8 Å². The monoisotopic (exact) mass is 419 g/mol. The van der Waals surface area contributed by atoms with Crippen molar-refractivity contribution in [3.63, 3.8) is 0 Å². The van der Waals surface area contributed by atoms with Crippen LogP contribution in [-0.2, 0) is 11.3 Å². The van der Waals surface area contributed by atoms with Crippen molar-refractivity contribution in [3.05, 3.63) is 71.3 Å². The van der Waals surface area contributed by atoms with Crippen molar-refractivity contribution in [1.82, 2.24) is 14.7 Å². The highest BCUT2D eigenvalue weighted by molar-refractivity contribution is 6.22. The third kappa shape index (κ3) is 4.39. The average Bonchev–Trinajstić information content (AvgIpc) is 3.03. The van der Waals surface area contributed by atoms with Crippen molar-refractivity contribution in [2.75, 3.05) is 26.2 Å². The van der Waals surface area contributed by atoms with E-state index in [0.717, 1.165) is 19.6 Å². The van der Waals surface area contributed by atoms with E-state index in [1.54, 1.807) is 24.3 Å². The number of fused-ring (bicyclic) bond motifs is 1. The quantitative estimate of drug-likeness (QED) is 0.676. The molecule has 4 rings (SSSR count). The number of hydrogen-bond acceptors (Lipinski definition) is 4. The van der Waals surface area contributed by atoms with Gasteiger partial charge in [-0.05, 0) is 30.0 Å². The summed E-state index contributed by atoms with van der Waals surface area (Å²) in [5, 5.41) is 0. The first-order valence-corrected chi connectivity index (χ1v) is 11.0. The van der Waals surface area contributed by atoms with Gasteiger partial charge in [-0.2, -0.15) is 0 Å². The Morgan fingerprint density at radius 3 is 1.94 bits per heavy atom. The van der Waals surface area contributed by atoms with Crippen molar-refractivity contribution in [2.24, 2.45) is 5.92 Å². The lowest BCUT2D eigenvalue weighted by atomic mass is 10.0. The second-order valence-corrected chi connectivity index (χ2v) is 8.76. The Morgan fingerprint density at radius 2 is 1.39 bits per heavy atom. The van der Waals surface area contributed by atoms with Gasteiger partial charge < -0.3 is 4.90 Å². The maximum Gasteiger partial charge on any atom is 0.262 e. The summed E-state index contributed by atoms with van der Waals surface area (Å²) < 4.78 is 0. The predicted molar refractivity (Wildman–Crippen MR) is 118 cm³/mol. The summed E-state index contributed by atoms with van der Waals surface area (Å²) in [6.45, 7) is 7.63. The van der Waals surface area contributed by atoms with Crippen molar-refractivity contribution in [2.45, 2.75) is 32.9 Å². The molecule has 1 fully saturated rings. The Bertz CT molecular complexity index is 930.